The summed E-state index contributed by atoms with van der Waals surface area (Å²) in [5, 5.41) is 11.1. The van der Waals surface area contributed by atoms with E-state index >= 15 is 0 Å². The van der Waals surface area contributed by atoms with Crippen molar-refractivity contribution in [2.45, 2.75) is 6.92 Å². The van der Waals surface area contributed by atoms with E-state index in [0.29, 0.717) is 5.56 Å². The Balaban J connectivity index is 3.02. The average molecular weight is 205 g/mol. The highest BCUT2D eigenvalue weighted by Crippen LogP contribution is 2.10. The minimum Gasteiger partial charge on any atom is -0.478 e. The van der Waals surface area contributed by atoms with Gasteiger partial charge in [-0.05, 0) is 5.56 Å². The third-order valence-corrected chi connectivity index (χ3v) is 1.66. The van der Waals surface area contributed by atoms with Gasteiger partial charge in [0.15, 0.2) is 0 Å². The summed E-state index contributed by atoms with van der Waals surface area (Å²) in [6.07, 6.45) is 0.969. The maximum absolute atomic E-state index is 10.9. The van der Waals surface area contributed by atoms with Gasteiger partial charge in [0.2, 0.25) is 5.91 Å². The first-order chi connectivity index (χ1) is 7.09. The van der Waals surface area contributed by atoms with Crippen molar-refractivity contribution in [3.8, 4) is 0 Å². The second-order valence-electron chi connectivity index (χ2n) is 2.94. The van der Waals surface area contributed by atoms with Crippen molar-refractivity contribution < 1.29 is 14.7 Å². The molecule has 0 saturated carbocycles. The topological polar surface area (TPSA) is 66.4 Å². The smallest absolute Gasteiger partial charge is 0.330 e. The fraction of sp³-hybridized carbons (Fsp3) is 0.0909. The van der Waals surface area contributed by atoms with Crippen LogP contribution in [0.2, 0.25) is 0 Å². The molecule has 0 saturated heterocycles. The molecule has 78 valence electrons. The fourth-order valence-corrected chi connectivity index (χ4v) is 1.12. The Morgan fingerprint density at radius 2 is 1.87 bits per heavy atom. The largest absolute Gasteiger partial charge is 0.478 e. The molecule has 0 aromatic heterocycles. The first kappa shape index (κ1) is 11.0. The zero-order valence-corrected chi connectivity index (χ0v) is 8.23. The van der Waals surface area contributed by atoms with E-state index < -0.39 is 5.97 Å². The van der Waals surface area contributed by atoms with Gasteiger partial charge in [-0.2, -0.15) is 0 Å². The first-order valence-electron chi connectivity index (χ1n) is 4.37. The monoisotopic (exact) mass is 205 g/mol. The van der Waals surface area contributed by atoms with E-state index in [4.69, 9.17) is 5.11 Å². The summed E-state index contributed by atoms with van der Waals surface area (Å²) in [7, 11) is 0. The Morgan fingerprint density at radius 1 is 1.27 bits per heavy atom. The van der Waals surface area contributed by atoms with Crippen LogP contribution in [0.5, 0.6) is 0 Å². The van der Waals surface area contributed by atoms with Crippen LogP contribution in [0.15, 0.2) is 36.4 Å². The van der Waals surface area contributed by atoms with Crippen molar-refractivity contribution in [3.05, 3.63) is 42.0 Å². The van der Waals surface area contributed by atoms with E-state index in [1.165, 1.54) is 6.92 Å². The van der Waals surface area contributed by atoms with Crippen molar-refractivity contribution in [2.75, 3.05) is 0 Å². The molecule has 1 aromatic rings. The van der Waals surface area contributed by atoms with Gasteiger partial charge in [-0.3, -0.25) is 4.79 Å². The van der Waals surface area contributed by atoms with Gasteiger partial charge in [0, 0.05) is 13.0 Å². The van der Waals surface area contributed by atoms with Gasteiger partial charge in [-0.1, -0.05) is 30.3 Å². The fourth-order valence-electron chi connectivity index (χ4n) is 1.12. The number of carbonyl (C=O) groups excluding carboxylic acids is 1. The van der Waals surface area contributed by atoms with Crippen molar-refractivity contribution >= 4 is 17.6 Å². The van der Waals surface area contributed by atoms with E-state index in [0.717, 1.165) is 6.08 Å². The Hall–Kier alpha value is -2.10. The number of carboxylic acids is 1. The maximum Gasteiger partial charge on any atom is 0.330 e. The molecule has 0 atom stereocenters. The zero-order chi connectivity index (χ0) is 11.3. The standard InChI is InChI=1S/C11H11NO3/c1-8(13)12-10(7-11(14)15)9-5-3-2-4-6-9/h2-7H,1H3,(H,12,13)(H,14,15). The van der Waals surface area contributed by atoms with Crippen LogP contribution in [0.25, 0.3) is 5.70 Å². The van der Waals surface area contributed by atoms with E-state index in [1.807, 2.05) is 6.07 Å². The number of carboxylic acid groups (broad SMARTS) is 1. The molecule has 1 rings (SSSR count). The molecular formula is C11H11NO3. The summed E-state index contributed by atoms with van der Waals surface area (Å²) in [5.74, 6) is -1.39. The Labute approximate surface area is 87.2 Å². The van der Waals surface area contributed by atoms with E-state index in [9.17, 15) is 9.59 Å². The van der Waals surface area contributed by atoms with Gasteiger partial charge in [-0.15, -0.1) is 0 Å². The van der Waals surface area contributed by atoms with Crippen LogP contribution in [0.1, 0.15) is 12.5 Å². The predicted molar refractivity (Wildman–Crippen MR) is 55.9 cm³/mol. The Morgan fingerprint density at radius 3 is 2.33 bits per heavy atom. The second-order valence-corrected chi connectivity index (χ2v) is 2.94. The minimum absolute atomic E-state index is 0.288. The normalized spacial score (nSPS) is 10.9. The molecule has 0 radical (unpaired) electrons. The molecule has 0 spiro atoms. The number of rotatable bonds is 3. The highest BCUT2D eigenvalue weighted by Gasteiger charge is 2.04. The summed E-state index contributed by atoms with van der Waals surface area (Å²) in [6.45, 7) is 1.33. The van der Waals surface area contributed by atoms with Crippen LogP contribution < -0.4 is 5.32 Å². The number of hydrogen-bond acceptors (Lipinski definition) is 2. The van der Waals surface area contributed by atoms with Crippen molar-refractivity contribution in [1.82, 2.24) is 5.32 Å². The predicted octanol–water partition coefficient (Wildman–Crippen LogP) is 1.25. The number of carbonyl (C=O) groups is 2. The molecule has 15 heavy (non-hydrogen) atoms. The van der Waals surface area contributed by atoms with E-state index in [-0.39, 0.29) is 11.6 Å². The maximum atomic E-state index is 10.9. The van der Waals surface area contributed by atoms with Crippen LogP contribution >= 0.6 is 0 Å². The van der Waals surface area contributed by atoms with Crippen LogP contribution in [0.3, 0.4) is 0 Å². The number of aliphatic carboxylic acids is 1. The van der Waals surface area contributed by atoms with Crippen molar-refractivity contribution in [2.24, 2.45) is 0 Å². The van der Waals surface area contributed by atoms with Gasteiger partial charge in [-0.25, -0.2) is 4.79 Å². The quantitative estimate of drug-likeness (QED) is 0.730. The summed E-state index contributed by atoms with van der Waals surface area (Å²) >= 11 is 0. The van der Waals surface area contributed by atoms with Gasteiger partial charge < -0.3 is 10.4 Å². The lowest BCUT2D eigenvalue weighted by Crippen LogP contribution is -2.19. The van der Waals surface area contributed by atoms with E-state index in [2.05, 4.69) is 5.32 Å². The van der Waals surface area contributed by atoms with Crippen molar-refractivity contribution in [1.29, 1.82) is 0 Å². The van der Waals surface area contributed by atoms with Gasteiger partial charge >= 0.3 is 5.97 Å². The number of benzene rings is 1. The summed E-state index contributed by atoms with van der Waals surface area (Å²) in [5.41, 5.74) is 0.950. The molecule has 0 unspecified atom stereocenters. The summed E-state index contributed by atoms with van der Waals surface area (Å²) in [4.78, 5) is 21.4. The highest BCUT2D eigenvalue weighted by atomic mass is 16.4. The molecule has 0 heterocycles. The third kappa shape index (κ3) is 3.64. The molecule has 0 aliphatic carbocycles. The number of nitrogens with one attached hydrogen (secondary N) is 1. The van der Waals surface area contributed by atoms with Gasteiger partial charge in [0.25, 0.3) is 0 Å². The first-order valence-corrected chi connectivity index (χ1v) is 4.37. The average Bonchev–Trinajstić information content (AvgIpc) is 2.17. The molecule has 4 heteroatoms. The summed E-state index contributed by atoms with van der Waals surface area (Å²) < 4.78 is 0. The molecule has 1 aromatic carbocycles. The number of hydrogen-bond donors (Lipinski definition) is 2. The van der Waals surface area contributed by atoms with E-state index in [1.54, 1.807) is 24.3 Å². The van der Waals surface area contributed by atoms with Crippen LogP contribution in [-0.2, 0) is 9.59 Å². The molecule has 2 N–H and O–H groups in total. The second kappa shape index (κ2) is 4.95. The molecule has 4 nitrogen and oxygen atoms in total. The zero-order valence-electron chi connectivity index (χ0n) is 8.23. The summed E-state index contributed by atoms with van der Waals surface area (Å²) in [6, 6.07) is 8.81. The van der Waals surface area contributed by atoms with Crippen LogP contribution in [-0.4, -0.2) is 17.0 Å². The van der Waals surface area contributed by atoms with Crippen molar-refractivity contribution in [3.63, 3.8) is 0 Å². The minimum atomic E-state index is -1.09. The van der Waals surface area contributed by atoms with Crippen LogP contribution in [0.4, 0.5) is 0 Å². The Kier molecular flexibility index (Phi) is 3.62. The lowest BCUT2D eigenvalue weighted by molar-refractivity contribution is -0.131. The van der Waals surface area contributed by atoms with Crippen LogP contribution in [0, 0.1) is 0 Å². The highest BCUT2D eigenvalue weighted by molar-refractivity contribution is 5.94. The molecular weight excluding hydrogens is 194 g/mol. The Bertz CT molecular complexity index is 396. The molecule has 0 aliphatic heterocycles. The van der Waals surface area contributed by atoms with Gasteiger partial charge in [0.1, 0.15) is 0 Å². The molecule has 0 aliphatic rings. The van der Waals surface area contributed by atoms with Gasteiger partial charge in [0.05, 0.1) is 5.70 Å². The lowest BCUT2D eigenvalue weighted by atomic mass is 10.1. The SMILES string of the molecule is CC(=O)NC(=CC(=O)O)c1ccccc1. The third-order valence-electron chi connectivity index (χ3n) is 1.66. The lowest BCUT2D eigenvalue weighted by Gasteiger charge is -2.06. The molecule has 0 bridgehead atoms. The molecule has 1 amide bonds. The molecule has 0 fully saturated rings. The number of amides is 1.